The zero-order valence-corrected chi connectivity index (χ0v) is 15.1. The van der Waals surface area contributed by atoms with Crippen LogP contribution >= 0.6 is 0 Å². The standard InChI is InChI=1S/C18H30N4O2/c1-5-7-8-12-22(3)18(19-6-2)21-15-16-10-9-11-20-17(16)24-14-13-23-4/h5,9-11H,1,6-8,12-15H2,2-4H3,(H,19,21). The van der Waals surface area contributed by atoms with Crippen molar-refractivity contribution in [1.29, 1.82) is 0 Å². The average molecular weight is 334 g/mol. The molecule has 24 heavy (non-hydrogen) atoms. The van der Waals surface area contributed by atoms with Crippen LogP contribution in [0.3, 0.4) is 0 Å². The number of aliphatic imine (C=N–C) groups is 1. The van der Waals surface area contributed by atoms with E-state index in [9.17, 15) is 0 Å². The molecule has 1 N–H and O–H groups in total. The van der Waals surface area contributed by atoms with Crippen LogP contribution in [0.5, 0.6) is 5.88 Å². The molecule has 0 radical (unpaired) electrons. The predicted octanol–water partition coefficient (Wildman–Crippen LogP) is 2.47. The topological polar surface area (TPSA) is 59.0 Å². The Labute approximate surface area is 145 Å². The minimum absolute atomic E-state index is 0.478. The minimum Gasteiger partial charge on any atom is -0.475 e. The van der Waals surface area contributed by atoms with Crippen LogP contribution in [0.15, 0.2) is 36.0 Å². The third-order valence-corrected chi connectivity index (χ3v) is 3.37. The van der Waals surface area contributed by atoms with Gasteiger partial charge < -0.3 is 19.7 Å². The van der Waals surface area contributed by atoms with Gasteiger partial charge in [0.15, 0.2) is 5.96 Å². The maximum absolute atomic E-state index is 5.66. The van der Waals surface area contributed by atoms with Crippen LogP contribution in [-0.2, 0) is 11.3 Å². The fourth-order valence-electron chi connectivity index (χ4n) is 2.10. The van der Waals surface area contributed by atoms with Crippen molar-refractivity contribution >= 4 is 5.96 Å². The number of rotatable bonds is 11. The third kappa shape index (κ3) is 7.46. The van der Waals surface area contributed by atoms with E-state index in [1.807, 2.05) is 25.3 Å². The highest BCUT2D eigenvalue weighted by Gasteiger charge is 2.08. The highest BCUT2D eigenvalue weighted by Crippen LogP contribution is 2.15. The van der Waals surface area contributed by atoms with Crippen molar-refractivity contribution in [2.45, 2.75) is 26.3 Å². The molecule has 0 amide bonds. The van der Waals surface area contributed by atoms with Gasteiger partial charge in [-0.05, 0) is 25.8 Å². The van der Waals surface area contributed by atoms with Crippen LogP contribution in [0.2, 0.25) is 0 Å². The number of unbranched alkanes of at least 4 members (excludes halogenated alkanes) is 1. The van der Waals surface area contributed by atoms with Crippen LogP contribution in [0.1, 0.15) is 25.3 Å². The number of methoxy groups -OCH3 is 1. The van der Waals surface area contributed by atoms with Gasteiger partial charge in [-0.3, -0.25) is 0 Å². The van der Waals surface area contributed by atoms with Gasteiger partial charge >= 0.3 is 0 Å². The highest BCUT2D eigenvalue weighted by atomic mass is 16.5. The zero-order valence-electron chi connectivity index (χ0n) is 15.1. The number of hydrogen-bond acceptors (Lipinski definition) is 4. The molecule has 0 aliphatic rings. The molecule has 0 fully saturated rings. The number of ether oxygens (including phenoxy) is 2. The molecular formula is C18H30N4O2. The van der Waals surface area contributed by atoms with Crippen molar-refractivity contribution in [2.75, 3.05) is 40.5 Å². The molecule has 1 aromatic heterocycles. The van der Waals surface area contributed by atoms with Gasteiger partial charge in [-0.15, -0.1) is 6.58 Å². The monoisotopic (exact) mass is 334 g/mol. The first-order valence-corrected chi connectivity index (χ1v) is 8.38. The maximum atomic E-state index is 5.66. The van der Waals surface area contributed by atoms with Gasteiger partial charge in [0.05, 0.1) is 13.2 Å². The lowest BCUT2D eigenvalue weighted by molar-refractivity contribution is 0.143. The molecule has 0 saturated heterocycles. The third-order valence-electron chi connectivity index (χ3n) is 3.37. The Morgan fingerprint density at radius 2 is 2.29 bits per heavy atom. The fourth-order valence-corrected chi connectivity index (χ4v) is 2.10. The molecule has 0 unspecified atom stereocenters. The minimum atomic E-state index is 0.478. The average Bonchev–Trinajstić information content (AvgIpc) is 2.60. The van der Waals surface area contributed by atoms with Gasteiger partial charge in [0.1, 0.15) is 6.61 Å². The van der Waals surface area contributed by atoms with Crippen LogP contribution < -0.4 is 10.1 Å². The summed E-state index contributed by atoms with van der Waals surface area (Å²) < 4.78 is 10.7. The van der Waals surface area contributed by atoms with Crippen LogP contribution in [0, 0.1) is 0 Å². The van der Waals surface area contributed by atoms with Gasteiger partial charge in [-0.25, -0.2) is 9.98 Å². The maximum Gasteiger partial charge on any atom is 0.218 e. The molecular weight excluding hydrogens is 304 g/mol. The molecule has 1 aromatic rings. The Morgan fingerprint density at radius 1 is 1.46 bits per heavy atom. The van der Waals surface area contributed by atoms with E-state index in [0.29, 0.717) is 25.6 Å². The van der Waals surface area contributed by atoms with Crippen molar-refractivity contribution in [3.8, 4) is 5.88 Å². The molecule has 0 saturated carbocycles. The quantitative estimate of drug-likeness (QED) is 0.292. The molecule has 0 atom stereocenters. The van der Waals surface area contributed by atoms with Crippen LogP contribution in [-0.4, -0.2) is 56.3 Å². The Kier molecular flexibility index (Phi) is 10.3. The fraction of sp³-hybridized carbons (Fsp3) is 0.556. The molecule has 1 rings (SSSR count). The van der Waals surface area contributed by atoms with Crippen LogP contribution in [0.25, 0.3) is 0 Å². The summed E-state index contributed by atoms with van der Waals surface area (Å²) in [4.78, 5) is 11.1. The number of aromatic nitrogens is 1. The second kappa shape index (κ2) is 12.4. The van der Waals surface area contributed by atoms with Gasteiger partial charge in [0, 0.05) is 39.0 Å². The number of nitrogens with zero attached hydrogens (tertiary/aromatic N) is 3. The molecule has 0 aromatic carbocycles. The zero-order chi connectivity index (χ0) is 17.6. The first-order chi connectivity index (χ1) is 11.7. The second-order valence-electron chi connectivity index (χ2n) is 5.33. The van der Waals surface area contributed by atoms with Gasteiger partial charge in [0.25, 0.3) is 0 Å². The summed E-state index contributed by atoms with van der Waals surface area (Å²) in [7, 11) is 3.70. The van der Waals surface area contributed by atoms with Crippen molar-refractivity contribution in [3.63, 3.8) is 0 Å². The first-order valence-electron chi connectivity index (χ1n) is 8.38. The Hall–Kier alpha value is -2.08. The van der Waals surface area contributed by atoms with E-state index >= 15 is 0 Å². The lowest BCUT2D eigenvalue weighted by Crippen LogP contribution is -2.39. The van der Waals surface area contributed by atoms with Gasteiger partial charge in [0.2, 0.25) is 5.88 Å². The lowest BCUT2D eigenvalue weighted by Gasteiger charge is -2.22. The first kappa shape index (κ1) is 20.0. The molecule has 1 heterocycles. The predicted molar refractivity (Wildman–Crippen MR) is 98.5 cm³/mol. The van der Waals surface area contributed by atoms with E-state index < -0.39 is 0 Å². The molecule has 0 aliphatic heterocycles. The largest absolute Gasteiger partial charge is 0.475 e. The molecule has 0 bridgehead atoms. The molecule has 6 nitrogen and oxygen atoms in total. The van der Waals surface area contributed by atoms with Gasteiger partial charge in [-0.1, -0.05) is 12.1 Å². The van der Waals surface area contributed by atoms with E-state index in [1.165, 1.54) is 0 Å². The SMILES string of the molecule is C=CCCCN(C)C(=NCc1cccnc1OCCOC)NCC. The lowest BCUT2D eigenvalue weighted by atomic mass is 10.3. The number of allylic oxidation sites excluding steroid dienone is 1. The number of nitrogens with one attached hydrogen (secondary N) is 1. The number of hydrogen-bond donors (Lipinski definition) is 1. The summed E-state index contributed by atoms with van der Waals surface area (Å²) in [5, 5.41) is 3.32. The Bertz CT molecular complexity index is 506. The summed E-state index contributed by atoms with van der Waals surface area (Å²) >= 11 is 0. The van der Waals surface area contributed by atoms with E-state index in [1.54, 1.807) is 13.3 Å². The van der Waals surface area contributed by atoms with Crippen molar-refractivity contribution < 1.29 is 9.47 Å². The van der Waals surface area contributed by atoms with E-state index in [0.717, 1.165) is 37.5 Å². The van der Waals surface area contributed by atoms with E-state index in [-0.39, 0.29) is 0 Å². The molecule has 0 aliphatic carbocycles. The highest BCUT2D eigenvalue weighted by molar-refractivity contribution is 5.79. The Morgan fingerprint density at radius 3 is 3.00 bits per heavy atom. The number of pyridine rings is 1. The number of guanidine groups is 1. The smallest absolute Gasteiger partial charge is 0.218 e. The van der Waals surface area contributed by atoms with E-state index in [4.69, 9.17) is 14.5 Å². The molecule has 6 heteroatoms. The summed E-state index contributed by atoms with van der Waals surface area (Å²) in [5.41, 5.74) is 0.962. The summed E-state index contributed by atoms with van der Waals surface area (Å²) in [6.45, 7) is 9.12. The summed E-state index contributed by atoms with van der Waals surface area (Å²) in [6, 6.07) is 3.88. The summed E-state index contributed by atoms with van der Waals surface area (Å²) in [5.74, 6) is 1.50. The summed E-state index contributed by atoms with van der Waals surface area (Å²) in [6.07, 6.45) is 5.73. The van der Waals surface area contributed by atoms with Gasteiger partial charge in [-0.2, -0.15) is 0 Å². The van der Waals surface area contributed by atoms with Crippen molar-refractivity contribution in [3.05, 3.63) is 36.5 Å². The molecule has 134 valence electrons. The van der Waals surface area contributed by atoms with Crippen molar-refractivity contribution in [2.24, 2.45) is 4.99 Å². The van der Waals surface area contributed by atoms with Crippen molar-refractivity contribution in [1.82, 2.24) is 15.2 Å². The molecule has 0 spiro atoms. The van der Waals surface area contributed by atoms with Crippen LogP contribution in [0.4, 0.5) is 0 Å². The van der Waals surface area contributed by atoms with E-state index in [2.05, 4.69) is 28.7 Å². The second-order valence-corrected chi connectivity index (χ2v) is 5.33. The Balaban J connectivity index is 2.72. The normalized spacial score (nSPS) is 11.2.